The number of nitrogens with zero attached hydrogens (tertiary/aromatic N) is 1. The molecule has 0 aromatic rings. The largest absolute Gasteiger partial charge is 0.444 e. The van der Waals surface area contributed by atoms with E-state index in [0.717, 1.165) is 25.8 Å². The van der Waals surface area contributed by atoms with E-state index in [0.29, 0.717) is 5.75 Å². The fourth-order valence-corrected chi connectivity index (χ4v) is 2.72. The van der Waals surface area contributed by atoms with Crippen LogP contribution in [0.3, 0.4) is 0 Å². The van der Waals surface area contributed by atoms with Gasteiger partial charge in [-0.05, 0) is 40.0 Å². The first-order valence-electron chi connectivity index (χ1n) is 6.42. The van der Waals surface area contributed by atoms with Gasteiger partial charge < -0.3 is 9.64 Å². The second kappa shape index (κ2) is 6.45. The molecule has 1 aliphatic rings. The van der Waals surface area contributed by atoms with Crippen LogP contribution in [0.25, 0.3) is 0 Å². The smallest absolute Gasteiger partial charge is 0.410 e. The molecular weight excluding hydrogens is 250 g/mol. The number of hydrogen-bond donors (Lipinski definition) is 0. The van der Waals surface area contributed by atoms with Gasteiger partial charge in [-0.2, -0.15) is 0 Å². The minimum Gasteiger partial charge on any atom is -0.444 e. The molecule has 1 amide bonds. The highest BCUT2D eigenvalue weighted by atomic mass is 32.2. The van der Waals surface area contributed by atoms with Crippen LogP contribution in [0.15, 0.2) is 0 Å². The van der Waals surface area contributed by atoms with Gasteiger partial charge in [-0.1, -0.05) is 11.8 Å². The van der Waals surface area contributed by atoms with Gasteiger partial charge in [0, 0.05) is 25.3 Å². The van der Waals surface area contributed by atoms with Crippen LogP contribution in [0.2, 0.25) is 0 Å². The zero-order valence-corrected chi connectivity index (χ0v) is 12.5. The van der Waals surface area contributed by atoms with E-state index in [4.69, 9.17) is 4.74 Å². The Labute approximate surface area is 113 Å². The molecule has 0 spiro atoms. The molecule has 0 bridgehead atoms. The standard InChI is InChI=1S/C13H23NO3S/c1-10(15)18-9-11-7-5-6-8-14(11)12(16)17-13(2,3)4/h11H,5-9H2,1-4H3/t11-/m0/s1. The Bertz CT molecular complexity index is 312. The van der Waals surface area contributed by atoms with Crippen molar-refractivity contribution in [1.29, 1.82) is 0 Å². The Hall–Kier alpha value is -0.710. The lowest BCUT2D eigenvalue weighted by Gasteiger charge is -2.36. The second-order valence-corrected chi connectivity index (χ2v) is 6.82. The Morgan fingerprint density at radius 1 is 1.33 bits per heavy atom. The summed E-state index contributed by atoms with van der Waals surface area (Å²) in [5.74, 6) is 0.675. The number of piperidine rings is 1. The summed E-state index contributed by atoms with van der Waals surface area (Å²) in [6.07, 6.45) is 2.83. The van der Waals surface area contributed by atoms with Crippen LogP contribution in [0.5, 0.6) is 0 Å². The highest BCUT2D eigenvalue weighted by Crippen LogP contribution is 2.23. The van der Waals surface area contributed by atoms with Gasteiger partial charge in [0.2, 0.25) is 0 Å². The summed E-state index contributed by atoms with van der Waals surface area (Å²) in [7, 11) is 0. The van der Waals surface area contributed by atoms with E-state index in [1.54, 1.807) is 11.8 Å². The third kappa shape index (κ3) is 5.29. The van der Waals surface area contributed by atoms with Gasteiger partial charge in [-0.15, -0.1) is 0 Å². The van der Waals surface area contributed by atoms with Crippen LogP contribution < -0.4 is 0 Å². The van der Waals surface area contributed by atoms with Gasteiger partial charge >= 0.3 is 6.09 Å². The molecule has 0 aromatic heterocycles. The molecule has 0 radical (unpaired) electrons. The van der Waals surface area contributed by atoms with E-state index in [1.165, 1.54) is 11.8 Å². The highest BCUT2D eigenvalue weighted by Gasteiger charge is 2.30. The molecule has 1 rings (SSSR count). The quantitative estimate of drug-likeness (QED) is 0.776. The van der Waals surface area contributed by atoms with Crippen molar-refractivity contribution in [3.05, 3.63) is 0 Å². The van der Waals surface area contributed by atoms with Crippen molar-refractivity contribution in [1.82, 2.24) is 4.90 Å². The maximum Gasteiger partial charge on any atom is 0.410 e. The number of rotatable bonds is 2. The van der Waals surface area contributed by atoms with Crippen LogP contribution in [-0.2, 0) is 9.53 Å². The average molecular weight is 273 g/mol. The third-order valence-electron chi connectivity index (χ3n) is 2.73. The fourth-order valence-electron chi connectivity index (χ4n) is 1.95. The normalized spacial score (nSPS) is 20.7. The van der Waals surface area contributed by atoms with Crippen molar-refractivity contribution in [2.24, 2.45) is 0 Å². The number of amides is 1. The van der Waals surface area contributed by atoms with Gasteiger partial charge in [0.25, 0.3) is 0 Å². The molecule has 1 saturated heterocycles. The monoisotopic (exact) mass is 273 g/mol. The molecule has 18 heavy (non-hydrogen) atoms. The summed E-state index contributed by atoms with van der Waals surface area (Å²) >= 11 is 1.29. The summed E-state index contributed by atoms with van der Waals surface area (Å²) in [5.41, 5.74) is -0.465. The van der Waals surface area contributed by atoms with E-state index in [1.807, 2.05) is 20.8 Å². The van der Waals surface area contributed by atoms with Crippen molar-refractivity contribution in [2.45, 2.75) is 58.6 Å². The van der Waals surface area contributed by atoms with E-state index in [9.17, 15) is 9.59 Å². The third-order valence-corrected chi connectivity index (χ3v) is 3.69. The van der Waals surface area contributed by atoms with E-state index in [-0.39, 0.29) is 17.3 Å². The highest BCUT2D eigenvalue weighted by molar-refractivity contribution is 8.13. The van der Waals surface area contributed by atoms with Crippen molar-refractivity contribution >= 4 is 23.0 Å². The number of carbonyl (C=O) groups excluding carboxylic acids is 2. The second-order valence-electron chi connectivity index (χ2n) is 5.63. The Kier molecular flexibility index (Phi) is 5.50. The summed E-state index contributed by atoms with van der Waals surface area (Å²) < 4.78 is 5.41. The lowest BCUT2D eigenvalue weighted by molar-refractivity contribution is -0.109. The summed E-state index contributed by atoms with van der Waals surface area (Å²) in [4.78, 5) is 24.9. The lowest BCUT2D eigenvalue weighted by Crippen LogP contribution is -2.47. The number of likely N-dealkylation sites (tertiary alicyclic amines) is 1. The first-order chi connectivity index (χ1) is 8.29. The average Bonchev–Trinajstić information content (AvgIpc) is 2.24. The Balaban J connectivity index is 2.58. The fraction of sp³-hybridized carbons (Fsp3) is 0.846. The molecule has 0 aliphatic carbocycles. The molecule has 1 atom stereocenters. The summed E-state index contributed by atoms with van der Waals surface area (Å²) in [6.45, 7) is 7.90. The van der Waals surface area contributed by atoms with Crippen LogP contribution >= 0.6 is 11.8 Å². The molecule has 0 aromatic carbocycles. The van der Waals surface area contributed by atoms with Gasteiger partial charge in [0.15, 0.2) is 5.12 Å². The number of thioether (sulfide) groups is 1. The number of hydrogen-bond acceptors (Lipinski definition) is 4. The van der Waals surface area contributed by atoms with E-state index >= 15 is 0 Å². The molecular formula is C13H23NO3S. The molecule has 1 fully saturated rings. The lowest BCUT2D eigenvalue weighted by atomic mass is 10.0. The van der Waals surface area contributed by atoms with Crippen LogP contribution in [0.1, 0.15) is 47.0 Å². The van der Waals surface area contributed by atoms with Crippen molar-refractivity contribution in [2.75, 3.05) is 12.3 Å². The SMILES string of the molecule is CC(=O)SC[C@@H]1CCCCN1C(=O)OC(C)(C)C. The topological polar surface area (TPSA) is 46.6 Å². The summed E-state index contributed by atoms with van der Waals surface area (Å²) in [5, 5.41) is 0.102. The van der Waals surface area contributed by atoms with Crippen molar-refractivity contribution in [3.8, 4) is 0 Å². The predicted octanol–water partition coefficient (Wildman–Crippen LogP) is 3.06. The van der Waals surface area contributed by atoms with Gasteiger partial charge in [0.1, 0.15) is 5.60 Å². The van der Waals surface area contributed by atoms with E-state index < -0.39 is 5.60 Å². The van der Waals surface area contributed by atoms with Crippen molar-refractivity contribution < 1.29 is 14.3 Å². The maximum absolute atomic E-state index is 12.1. The minimum absolute atomic E-state index is 0.102. The van der Waals surface area contributed by atoms with Gasteiger partial charge in [-0.3, -0.25) is 4.79 Å². The van der Waals surface area contributed by atoms with Gasteiger partial charge in [-0.25, -0.2) is 4.79 Å². The van der Waals surface area contributed by atoms with Crippen LogP contribution in [0.4, 0.5) is 4.79 Å². The first-order valence-corrected chi connectivity index (χ1v) is 7.41. The zero-order valence-electron chi connectivity index (χ0n) is 11.7. The summed E-state index contributed by atoms with van der Waals surface area (Å²) in [6, 6.07) is 0.127. The van der Waals surface area contributed by atoms with E-state index in [2.05, 4.69) is 0 Å². The van der Waals surface area contributed by atoms with Gasteiger partial charge in [0.05, 0.1) is 0 Å². The molecule has 1 aliphatic heterocycles. The molecule has 5 heteroatoms. The predicted molar refractivity (Wildman–Crippen MR) is 73.7 cm³/mol. The molecule has 0 unspecified atom stereocenters. The molecule has 4 nitrogen and oxygen atoms in total. The molecule has 0 N–H and O–H groups in total. The Morgan fingerprint density at radius 2 is 2.00 bits per heavy atom. The number of ether oxygens (including phenoxy) is 1. The Morgan fingerprint density at radius 3 is 2.56 bits per heavy atom. The minimum atomic E-state index is -0.465. The maximum atomic E-state index is 12.1. The first kappa shape index (κ1) is 15.3. The number of carbonyl (C=O) groups is 2. The van der Waals surface area contributed by atoms with Crippen LogP contribution in [0, 0.1) is 0 Å². The van der Waals surface area contributed by atoms with Crippen LogP contribution in [-0.4, -0.2) is 40.0 Å². The zero-order chi connectivity index (χ0) is 13.8. The van der Waals surface area contributed by atoms with Crippen molar-refractivity contribution in [3.63, 3.8) is 0 Å². The molecule has 0 saturated carbocycles. The molecule has 1 heterocycles. The molecule has 104 valence electrons.